The van der Waals surface area contributed by atoms with E-state index < -0.39 is 6.10 Å². The number of benzene rings is 1. The van der Waals surface area contributed by atoms with Crippen molar-refractivity contribution in [3.63, 3.8) is 0 Å². The topological polar surface area (TPSA) is 38.7 Å². The summed E-state index contributed by atoms with van der Waals surface area (Å²) >= 11 is 0. The molecule has 0 aromatic heterocycles. The molecular formula is C13H20O3. The highest BCUT2D eigenvalue weighted by Crippen LogP contribution is 2.29. The van der Waals surface area contributed by atoms with E-state index in [0.29, 0.717) is 12.4 Å². The van der Waals surface area contributed by atoms with Crippen LogP contribution in [0.5, 0.6) is 11.5 Å². The molecule has 1 N–H and O–H groups in total. The van der Waals surface area contributed by atoms with E-state index in [1.54, 1.807) is 14.0 Å². The molecule has 3 heteroatoms. The van der Waals surface area contributed by atoms with Crippen LogP contribution in [0.1, 0.15) is 38.4 Å². The lowest BCUT2D eigenvalue weighted by Crippen LogP contribution is -2.02. The molecule has 16 heavy (non-hydrogen) atoms. The Kier molecular flexibility index (Phi) is 5.12. The van der Waals surface area contributed by atoms with Crippen molar-refractivity contribution >= 4 is 0 Å². The van der Waals surface area contributed by atoms with Gasteiger partial charge in [-0.2, -0.15) is 0 Å². The molecule has 0 bridgehead atoms. The molecule has 0 saturated heterocycles. The predicted octanol–water partition coefficient (Wildman–Crippen LogP) is 2.93. The third-order valence-electron chi connectivity index (χ3n) is 2.43. The van der Waals surface area contributed by atoms with Crippen molar-refractivity contribution in [2.75, 3.05) is 13.7 Å². The number of unbranched alkanes of at least 4 members (excludes halogenated alkanes) is 1. The second-order valence-corrected chi connectivity index (χ2v) is 3.78. The van der Waals surface area contributed by atoms with Crippen LogP contribution < -0.4 is 9.47 Å². The van der Waals surface area contributed by atoms with Crippen molar-refractivity contribution in [3.05, 3.63) is 23.8 Å². The fraction of sp³-hybridized carbons (Fsp3) is 0.538. The van der Waals surface area contributed by atoms with E-state index >= 15 is 0 Å². The van der Waals surface area contributed by atoms with Gasteiger partial charge in [-0.25, -0.2) is 0 Å². The maximum Gasteiger partial charge on any atom is 0.128 e. The van der Waals surface area contributed by atoms with Crippen LogP contribution in [0.25, 0.3) is 0 Å². The van der Waals surface area contributed by atoms with Gasteiger partial charge in [0.2, 0.25) is 0 Å². The van der Waals surface area contributed by atoms with Crippen LogP contribution in [0.15, 0.2) is 18.2 Å². The van der Waals surface area contributed by atoms with Crippen LogP contribution in [-0.2, 0) is 0 Å². The highest BCUT2D eigenvalue weighted by Gasteiger charge is 2.10. The Morgan fingerprint density at radius 1 is 1.38 bits per heavy atom. The minimum Gasteiger partial charge on any atom is -0.497 e. The molecule has 0 radical (unpaired) electrons. The van der Waals surface area contributed by atoms with Crippen molar-refractivity contribution < 1.29 is 14.6 Å². The minimum absolute atomic E-state index is 0.525. The highest BCUT2D eigenvalue weighted by molar-refractivity contribution is 5.41. The Balaban J connectivity index is 2.83. The Bertz CT molecular complexity index is 321. The van der Waals surface area contributed by atoms with Crippen LogP contribution in [0, 0.1) is 0 Å². The summed E-state index contributed by atoms with van der Waals surface area (Å²) in [4.78, 5) is 0. The zero-order valence-corrected chi connectivity index (χ0v) is 10.2. The van der Waals surface area contributed by atoms with Gasteiger partial charge in [-0.15, -0.1) is 0 Å². The lowest BCUT2D eigenvalue weighted by molar-refractivity contribution is 0.190. The molecule has 1 aromatic carbocycles. The van der Waals surface area contributed by atoms with Crippen LogP contribution >= 0.6 is 0 Å². The summed E-state index contributed by atoms with van der Waals surface area (Å²) in [5.74, 6) is 1.46. The summed E-state index contributed by atoms with van der Waals surface area (Å²) < 4.78 is 10.8. The highest BCUT2D eigenvalue weighted by atomic mass is 16.5. The normalized spacial score (nSPS) is 12.2. The summed E-state index contributed by atoms with van der Waals surface area (Å²) in [7, 11) is 1.62. The number of ether oxygens (including phenoxy) is 2. The summed E-state index contributed by atoms with van der Waals surface area (Å²) in [6.45, 7) is 4.52. The Hall–Kier alpha value is -1.22. The Morgan fingerprint density at radius 2 is 2.12 bits per heavy atom. The van der Waals surface area contributed by atoms with Gasteiger partial charge in [0.25, 0.3) is 0 Å². The lowest BCUT2D eigenvalue weighted by Gasteiger charge is -2.14. The number of aliphatic hydroxyl groups excluding tert-OH is 1. The van der Waals surface area contributed by atoms with Crippen molar-refractivity contribution in [2.45, 2.75) is 32.8 Å². The van der Waals surface area contributed by atoms with E-state index in [1.165, 1.54) is 0 Å². The number of hydrogen-bond donors (Lipinski definition) is 1. The van der Waals surface area contributed by atoms with Gasteiger partial charge in [-0.1, -0.05) is 13.3 Å². The second-order valence-electron chi connectivity index (χ2n) is 3.78. The van der Waals surface area contributed by atoms with E-state index in [1.807, 2.05) is 18.2 Å². The van der Waals surface area contributed by atoms with E-state index in [0.717, 1.165) is 24.2 Å². The van der Waals surface area contributed by atoms with Crippen molar-refractivity contribution in [1.29, 1.82) is 0 Å². The minimum atomic E-state index is -0.525. The van der Waals surface area contributed by atoms with Gasteiger partial charge < -0.3 is 14.6 Å². The van der Waals surface area contributed by atoms with Gasteiger partial charge in [-0.05, 0) is 25.5 Å². The first kappa shape index (κ1) is 12.8. The molecule has 1 atom stereocenters. The molecule has 1 rings (SSSR count). The molecule has 0 fully saturated rings. The second kappa shape index (κ2) is 6.38. The fourth-order valence-corrected chi connectivity index (χ4v) is 1.44. The third-order valence-corrected chi connectivity index (χ3v) is 2.43. The third kappa shape index (κ3) is 3.42. The smallest absolute Gasteiger partial charge is 0.128 e. The zero-order valence-electron chi connectivity index (χ0n) is 10.2. The monoisotopic (exact) mass is 224 g/mol. The number of hydrogen-bond acceptors (Lipinski definition) is 3. The Labute approximate surface area is 97.0 Å². The average Bonchev–Trinajstić information content (AvgIpc) is 2.29. The van der Waals surface area contributed by atoms with E-state index in [-0.39, 0.29) is 0 Å². The molecule has 90 valence electrons. The van der Waals surface area contributed by atoms with E-state index in [4.69, 9.17) is 9.47 Å². The first-order valence-corrected chi connectivity index (χ1v) is 5.67. The van der Waals surface area contributed by atoms with Gasteiger partial charge in [0.05, 0.1) is 19.8 Å². The molecule has 1 aromatic rings. The average molecular weight is 224 g/mol. The summed E-state index contributed by atoms with van der Waals surface area (Å²) in [6.07, 6.45) is 1.58. The van der Waals surface area contributed by atoms with Crippen molar-refractivity contribution in [3.8, 4) is 11.5 Å². The summed E-state index contributed by atoms with van der Waals surface area (Å²) in [5.41, 5.74) is 0.803. The van der Waals surface area contributed by atoms with E-state index in [2.05, 4.69) is 6.92 Å². The van der Waals surface area contributed by atoms with Gasteiger partial charge in [0.1, 0.15) is 11.5 Å². The molecule has 3 nitrogen and oxygen atoms in total. The Morgan fingerprint density at radius 3 is 2.69 bits per heavy atom. The predicted molar refractivity (Wildman–Crippen MR) is 64.0 cm³/mol. The van der Waals surface area contributed by atoms with Crippen LogP contribution in [0.4, 0.5) is 0 Å². The maximum absolute atomic E-state index is 9.60. The standard InChI is InChI=1S/C13H20O3/c1-4-5-8-16-13-9-11(15-3)6-7-12(13)10(2)14/h6-7,9-10,14H,4-5,8H2,1-3H3. The van der Waals surface area contributed by atoms with Crippen LogP contribution in [0.2, 0.25) is 0 Å². The number of rotatable bonds is 6. The molecule has 0 saturated carbocycles. The molecule has 0 aliphatic rings. The lowest BCUT2D eigenvalue weighted by atomic mass is 10.1. The van der Waals surface area contributed by atoms with Gasteiger partial charge in [0.15, 0.2) is 0 Å². The molecule has 0 spiro atoms. The SMILES string of the molecule is CCCCOc1cc(OC)ccc1C(C)O. The summed E-state index contributed by atoms with van der Waals surface area (Å²) in [5, 5.41) is 9.60. The van der Waals surface area contributed by atoms with Gasteiger partial charge in [0, 0.05) is 11.6 Å². The molecule has 0 aliphatic carbocycles. The van der Waals surface area contributed by atoms with Crippen molar-refractivity contribution in [1.82, 2.24) is 0 Å². The van der Waals surface area contributed by atoms with E-state index in [9.17, 15) is 5.11 Å². The molecule has 0 aliphatic heterocycles. The van der Waals surface area contributed by atoms with Gasteiger partial charge in [-0.3, -0.25) is 0 Å². The van der Waals surface area contributed by atoms with Crippen LogP contribution in [-0.4, -0.2) is 18.8 Å². The fourth-order valence-electron chi connectivity index (χ4n) is 1.44. The molecular weight excluding hydrogens is 204 g/mol. The number of aliphatic hydroxyl groups is 1. The maximum atomic E-state index is 9.60. The number of methoxy groups -OCH3 is 1. The van der Waals surface area contributed by atoms with Gasteiger partial charge >= 0.3 is 0 Å². The zero-order chi connectivity index (χ0) is 12.0. The largest absolute Gasteiger partial charge is 0.497 e. The molecule has 1 unspecified atom stereocenters. The summed E-state index contributed by atoms with van der Waals surface area (Å²) in [6, 6.07) is 5.48. The molecule has 0 heterocycles. The first-order valence-electron chi connectivity index (χ1n) is 5.67. The van der Waals surface area contributed by atoms with Crippen molar-refractivity contribution in [2.24, 2.45) is 0 Å². The van der Waals surface area contributed by atoms with Crippen LogP contribution in [0.3, 0.4) is 0 Å². The quantitative estimate of drug-likeness (QED) is 0.755. The first-order chi connectivity index (χ1) is 7.69. The molecule has 0 amide bonds.